The minimum absolute atomic E-state index is 0.184. The van der Waals surface area contributed by atoms with Gasteiger partial charge in [0, 0.05) is 29.9 Å². The van der Waals surface area contributed by atoms with Gasteiger partial charge in [0.15, 0.2) is 5.65 Å². The highest BCUT2D eigenvalue weighted by Gasteiger charge is 2.25. The summed E-state index contributed by atoms with van der Waals surface area (Å²) >= 11 is 0. The van der Waals surface area contributed by atoms with E-state index in [1.807, 2.05) is 24.4 Å². The second kappa shape index (κ2) is 8.87. The van der Waals surface area contributed by atoms with Crippen LogP contribution in [0.1, 0.15) is 41.8 Å². The number of pyridine rings is 2. The second-order valence-electron chi connectivity index (χ2n) is 9.08. The molecule has 1 N–H and O–H groups in total. The summed E-state index contributed by atoms with van der Waals surface area (Å²) in [6.45, 7) is 0.552. The van der Waals surface area contributed by atoms with E-state index in [1.165, 1.54) is 5.56 Å². The summed E-state index contributed by atoms with van der Waals surface area (Å²) in [7, 11) is 0. The van der Waals surface area contributed by atoms with Gasteiger partial charge in [0.05, 0.1) is 30.1 Å². The maximum absolute atomic E-state index is 10.2. The number of aliphatic hydroxyl groups is 1. The molecule has 0 unspecified atom stereocenters. The summed E-state index contributed by atoms with van der Waals surface area (Å²) < 4.78 is 1.79. The van der Waals surface area contributed by atoms with Crippen LogP contribution in [-0.4, -0.2) is 46.1 Å². The summed E-state index contributed by atoms with van der Waals surface area (Å²) in [5.74, 6) is 0.345. The van der Waals surface area contributed by atoms with Crippen LogP contribution in [0.4, 0.5) is 0 Å². The Bertz CT molecular complexity index is 1460. The quantitative estimate of drug-likeness (QED) is 0.421. The van der Waals surface area contributed by atoms with E-state index in [2.05, 4.69) is 49.5 Å². The predicted molar refractivity (Wildman–Crippen MR) is 128 cm³/mol. The third kappa shape index (κ3) is 4.24. The molecule has 4 heterocycles. The molecular formula is C26H25N7O. The molecule has 170 valence electrons. The summed E-state index contributed by atoms with van der Waals surface area (Å²) in [5, 5.41) is 19.7. The standard InChI is InChI=1S/C26H25N7O/c34-24-5-1-3-20(24)11-17-8-10-27-21(13-17)14-22-15-29-25-26(30-22)33(32-31-25)16-18-6-7-23-19(12-18)4-2-9-28-23/h2,4,6-10,12-13,15,20,24,34H,1,3,5,11,14,16H2/t20-,24+/m0/s1. The number of aliphatic hydroxyl groups excluding tert-OH is 1. The Kier molecular flexibility index (Phi) is 5.43. The normalized spacial score (nSPS) is 18.1. The van der Waals surface area contributed by atoms with Crippen LogP contribution in [-0.2, 0) is 19.4 Å². The van der Waals surface area contributed by atoms with Gasteiger partial charge in [0.25, 0.3) is 0 Å². The smallest absolute Gasteiger partial charge is 0.221 e. The maximum Gasteiger partial charge on any atom is 0.221 e. The Hall–Kier alpha value is -3.78. The number of nitrogens with zero attached hydrogens (tertiary/aromatic N) is 7. The van der Waals surface area contributed by atoms with Crippen molar-refractivity contribution in [2.24, 2.45) is 5.92 Å². The van der Waals surface area contributed by atoms with Crippen molar-refractivity contribution in [2.45, 2.75) is 44.8 Å². The van der Waals surface area contributed by atoms with Gasteiger partial charge in [-0.3, -0.25) is 9.97 Å². The van der Waals surface area contributed by atoms with Gasteiger partial charge in [0.2, 0.25) is 5.65 Å². The molecule has 2 atom stereocenters. The number of fused-ring (bicyclic) bond motifs is 2. The van der Waals surface area contributed by atoms with E-state index in [0.717, 1.165) is 53.5 Å². The lowest BCUT2D eigenvalue weighted by Gasteiger charge is -2.14. The first-order chi connectivity index (χ1) is 16.7. The Morgan fingerprint density at radius 3 is 2.82 bits per heavy atom. The number of hydrogen-bond acceptors (Lipinski definition) is 7. The maximum atomic E-state index is 10.2. The lowest BCUT2D eigenvalue weighted by Crippen LogP contribution is -2.15. The molecule has 0 spiro atoms. The molecule has 0 saturated heterocycles. The van der Waals surface area contributed by atoms with Crippen molar-refractivity contribution in [1.82, 2.24) is 34.9 Å². The van der Waals surface area contributed by atoms with E-state index >= 15 is 0 Å². The summed E-state index contributed by atoms with van der Waals surface area (Å²) in [6, 6.07) is 14.3. The van der Waals surface area contributed by atoms with E-state index in [-0.39, 0.29) is 6.10 Å². The largest absolute Gasteiger partial charge is 0.393 e. The highest BCUT2D eigenvalue weighted by atomic mass is 16.3. The average Bonchev–Trinajstić information content (AvgIpc) is 3.45. The molecule has 4 aromatic heterocycles. The predicted octanol–water partition coefficient (Wildman–Crippen LogP) is 3.51. The third-order valence-corrected chi connectivity index (χ3v) is 6.64. The molecule has 0 aliphatic heterocycles. The van der Waals surface area contributed by atoms with Gasteiger partial charge < -0.3 is 5.11 Å². The molecule has 1 aliphatic rings. The van der Waals surface area contributed by atoms with Crippen LogP contribution in [0.3, 0.4) is 0 Å². The molecule has 0 amide bonds. The molecule has 8 nitrogen and oxygen atoms in total. The first kappa shape index (κ1) is 20.8. The van der Waals surface area contributed by atoms with Crippen molar-refractivity contribution >= 4 is 22.2 Å². The van der Waals surface area contributed by atoms with Gasteiger partial charge in [0.1, 0.15) is 0 Å². The zero-order chi connectivity index (χ0) is 22.9. The van der Waals surface area contributed by atoms with E-state index in [1.54, 1.807) is 17.1 Å². The van der Waals surface area contributed by atoms with Crippen LogP contribution in [0.25, 0.3) is 22.2 Å². The summed E-state index contributed by atoms with van der Waals surface area (Å²) in [5.41, 5.74) is 6.24. The fraction of sp³-hybridized carbons (Fsp3) is 0.308. The minimum Gasteiger partial charge on any atom is -0.393 e. The number of aromatic nitrogens is 7. The molecule has 1 aliphatic carbocycles. The molecule has 8 heteroatoms. The molecule has 1 aromatic carbocycles. The Morgan fingerprint density at radius 2 is 1.91 bits per heavy atom. The molecular weight excluding hydrogens is 426 g/mol. The van der Waals surface area contributed by atoms with Crippen molar-refractivity contribution in [3.05, 3.63) is 83.6 Å². The minimum atomic E-state index is -0.184. The van der Waals surface area contributed by atoms with Crippen LogP contribution in [0.2, 0.25) is 0 Å². The fourth-order valence-electron chi connectivity index (χ4n) is 4.87. The molecule has 6 rings (SSSR count). The van der Waals surface area contributed by atoms with E-state index in [0.29, 0.717) is 30.2 Å². The van der Waals surface area contributed by atoms with E-state index in [4.69, 9.17) is 4.98 Å². The number of hydrogen-bond donors (Lipinski definition) is 1. The first-order valence-corrected chi connectivity index (χ1v) is 11.7. The van der Waals surface area contributed by atoms with Gasteiger partial charge in [-0.05, 0) is 66.6 Å². The zero-order valence-electron chi connectivity index (χ0n) is 18.7. The van der Waals surface area contributed by atoms with Crippen LogP contribution in [0, 0.1) is 5.92 Å². The van der Waals surface area contributed by atoms with Crippen LogP contribution >= 0.6 is 0 Å². The average molecular weight is 452 g/mol. The van der Waals surface area contributed by atoms with Crippen LogP contribution in [0.15, 0.2) is 61.1 Å². The monoisotopic (exact) mass is 451 g/mol. The second-order valence-corrected chi connectivity index (χ2v) is 9.08. The van der Waals surface area contributed by atoms with Crippen molar-refractivity contribution < 1.29 is 5.11 Å². The molecule has 0 bridgehead atoms. The first-order valence-electron chi connectivity index (χ1n) is 11.7. The highest BCUT2D eigenvalue weighted by molar-refractivity contribution is 5.79. The molecule has 0 radical (unpaired) electrons. The molecule has 5 aromatic rings. The zero-order valence-corrected chi connectivity index (χ0v) is 18.7. The topological polar surface area (TPSA) is 102 Å². The lowest BCUT2D eigenvalue weighted by atomic mass is 9.96. The Labute approximate surface area is 196 Å². The van der Waals surface area contributed by atoms with Crippen molar-refractivity contribution in [1.29, 1.82) is 0 Å². The van der Waals surface area contributed by atoms with Crippen LogP contribution in [0.5, 0.6) is 0 Å². The number of rotatable bonds is 6. The fourth-order valence-corrected chi connectivity index (χ4v) is 4.87. The SMILES string of the molecule is O[C@@H]1CCC[C@H]1Cc1ccnc(Cc2cnc3nnn(Cc4ccc5ncccc5c4)c3n2)c1. The summed E-state index contributed by atoms with van der Waals surface area (Å²) in [4.78, 5) is 18.2. The number of benzene rings is 1. The molecule has 1 fully saturated rings. The van der Waals surface area contributed by atoms with Crippen LogP contribution < -0.4 is 0 Å². The van der Waals surface area contributed by atoms with Crippen molar-refractivity contribution in [3.8, 4) is 0 Å². The van der Waals surface area contributed by atoms with Gasteiger partial charge in [-0.25, -0.2) is 14.6 Å². The van der Waals surface area contributed by atoms with E-state index < -0.39 is 0 Å². The lowest BCUT2D eigenvalue weighted by molar-refractivity contribution is 0.132. The van der Waals surface area contributed by atoms with Gasteiger partial charge >= 0.3 is 0 Å². The molecule has 1 saturated carbocycles. The Morgan fingerprint density at radius 1 is 0.941 bits per heavy atom. The highest BCUT2D eigenvalue weighted by Crippen LogP contribution is 2.28. The van der Waals surface area contributed by atoms with E-state index in [9.17, 15) is 5.11 Å². The van der Waals surface area contributed by atoms with Gasteiger partial charge in [-0.1, -0.05) is 23.8 Å². The summed E-state index contributed by atoms with van der Waals surface area (Å²) in [6.07, 6.45) is 9.79. The Balaban J connectivity index is 1.23. The van der Waals surface area contributed by atoms with Crippen molar-refractivity contribution in [3.63, 3.8) is 0 Å². The van der Waals surface area contributed by atoms with Gasteiger partial charge in [-0.2, -0.15) is 0 Å². The molecule has 34 heavy (non-hydrogen) atoms. The van der Waals surface area contributed by atoms with Crippen molar-refractivity contribution in [2.75, 3.05) is 0 Å². The van der Waals surface area contributed by atoms with Gasteiger partial charge in [-0.15, -0.1) is 5.10 Å². The third-order valence-electron chi connectivity index (χ3n) is 6.64.